The van der Waals surface area contributed by atoms with E-state index < -0.39 is 0 Å². The van der Waals surface area contributed by atoms with Gasteiger partial charge in [-0.1, -0.05) is 36.4 Å². The van der Waals surface area contributed by atoms with Crippen molar-refractivity contribution in [3.05, 3.63) is 77.6 Å². The number of nitrogens with zero attached hydrogens (tertiary/aromatic N) is 3. The maximum Gasteiger partial charge on any atom is 0.254 e. The quantitative estimate of drug-likeness (QED) is 0.713. The lowest BCUT2D eigenvalue weighted by atomic mass is 10.2. The van der Waals surface area contributed by atoms with Crippen LogP contribution in [-0.2, 0) is 13.1 Å². The van der Waals surface area contributed by atoms with Crippen molar-refractivity contribution in [3.63, 3.8) is 0 Å². The number of fused-ring (bicyclic) bond motifs is 1. The molecule has 0 saturated carbocycles. The van der Waals surface area contributed by atoms with Crippen LogP contribution in [0.25, 0.3) is 0 Å². The number of ether oxygens (including phenoxy) is 2. The highest BCUT2D eigenvalue weighted by Gasteiger charge is 2.14. The predicted molar refractivity (Wildman–Crippen MR) is 104 cm³/mol. The van der Waals surface area contributed by atoms with E-state index in [-0.39, 0.29) is 12.7 Å². The summed E-state index contributed by atoms with van der Waals surface area (Å²) in [5.74, 6) is 1.76. The second-order valence-corrected chi connectivity index (χ2v) is 6.48. The number of anilines is 1. The van der Waals surface area contributed by atoms with Crippen LogP contribution in [0.5, 0.6) is 11.5 Å². The van der Waals surface area contributed by atoms with Crippen molar-refractivity contribution in [1.29, 1.82) is 0 Å². The van der Waals surface area contributed by atoms with Crippen LogP contribution in [0, 0.1) is 0 Å². The molecule has 7 heteroatoms. The molecule has 1 amide bonds. The molecule has 0 unspecified atom stereocenters. The van der Waals surface area contributed by atoms with E-state index in [4.69, 9.17) is 9.47 Å². The zero-order valence-electron chi connectivity index (χ0n) is 15.5. The molecular weight excluding hydrogens is 356 g/mol. The van der Waals surface area contributed by atoms with E-state index in [1.54, 1.807) is 12.4 Å². The van der Waals surface area contributed by atoms with Crippen molar-refractivity contribution >= 4 is 11.9 Å². The fourth-order valence-electron chi connectivity index (χ4n) is 2.90. The maximum atomic E-state index is 12.4. The third-order valence-corrected chi connectivity index (χ3v) is 4.39. The van der Waals surface area contributed by atoms with Gasteiger partial charge < -0.3 is 19.7 Å². The third-order valence-electron chi connectivity index (χ3n) is 4.39. The molecule has 7 nitrogen and oxygen atoms in total. The van der Waals surface area contributed by atoms with Crippen LogP contribution < -0.4 is 19.7 Å². The summed E-state index contributed by atoms with van der Waals surface area (Å²) in [6, 6.07) is 15.7. The first-order chi connectivity index (χ1) is 13.7. The Hall–Kier alpha value is -3.61. The van der Waals surface area contributed by atoms with E-state index >= 15 is 0 Å². The first kappa shape index (κ1) is 17.8. The Morgan fingerprint density at radius 1 is 1.04 bits per heavy atom. The Kier molecular flexibility index (Phi) is 5.05. The Labute approximate surface area is 163 Å². The molecule has 1 aliphatic rings. The predicted octanol–water partition coefficient (Wildman–Crippen LogP) is 2.77. The molecule has 142 valence electrons. The first-order valence-electron chi connectivity index (χ1n) is 8.93. The number of carbonyl (C=O) groups excluding carboxylic acids is 1. The van der Waals surface area contributed by atoms with Gasteiger partial charge in [-0.25, -0.2) is 9.97 Å². The zero-order chi connectivity index (χ0) is 19.3. The van der Waals surface area contributed by atoms with E-state index in [0.29, 0.717) is 30.4 Å². The average Bonchev–Trinajstić information content (AvgIpc) is 3.21. The summed E-state index contributed by atoms with van der Waals surface area (Å²) in [4.78, 5) is 22.9. The Morgan fingerprint density at radius 2 is 1.79 bits per heavy atom. The summed E-state index contributed by atoms with van der Waals surface area (Å²) in [6.07, 6.45) is 3.08. The monoisotopic (exact) mass is 376 g/mol. The number of hydrogen-bond donors (Lipinski definition) is 1. The van der Waals surface area contributed by atoms with Gasteiger partial charge in [-0.3, -0.25) is 4.79 Å². The summed E-state index contributed by atoms with van der Waals surface area (Å²) < 4.78 is 10.6. The summed E-state index contributed by atoms with van der Waals surface area (Å²) in [5, 5.41) is 2.87. The van der Waals surface area contributed by atoms with E-state index in [0.717, 1.165) is 11.3 Å². The minimum Gasteiger partial charge on any atom is -0.454 e. The molecule has 1 aromatic heterocycles. The van der Waals surface area contributed by atoms with Crippen LogP contribution in [0.4, 0.5) is 5.95 Å². The molecule has 0 fully saturated rings. The fourth-order valence-corrected chi connectivity index (χ4v) is 2.90. The van der Waals surface area contributed by atoms with Crippen LogP contribution in [0.2, 0.25) is 0 Å². The van der Waals surface area contributed by atoms with Gasteiger partial charge in [-0.05, 0) is 23.3 Å². The molecule has 0 aliphatic carbocycles. The topological polar surface area (TPSA) is 76.6 Å². The first-order valence-corrected chi connectivity index (χ1v) is 8.93. The number of aromatic nitrogens is 2. The van der Waals surface area contributed by atoms with Gasteiger partial charge in [0.15, 0.2) is 11.5 Å². The molecule has 2 aromatic carbocycles. The Bertz CT molecular complexity index is 961. The molecular formula is C21H20N4O3. The lowest BCUT2D eigenvalue weighted by molar-refractivity contribution is 0.0950. The normalized spacial score (nSPS) is 11.9. The summed E-state index contributed by atoms with van der Waals surface area (Å²) in [6.45, 7) is 1.30. The van der Waals surface area contributed by atoms with E-state index in [1.807, 2.05) is 48.3 Å². The Morgan fingerprint density at radius 3 is 2.57 bits per heavy atom. The number of benzene rings is 2. The van der Waals surface area contributed by atoms with Gasteiger partial charge in [0.2, 0.25) is 12.7 Å². The van der Waals surface area contributed by atoms with Crippen molar-refractivity contribution in [2.45, 2.75) is 13.1 Å². The molecule has 28 heavy (non-hydrogen) atoms. The molecule has 0 radical (unpaired) electrons. The maximum absolute atomic E-state index is 12.4. The smallest absolute Gasteiger partial charge is 0.254 e. The molecule has 0 bridgehead atoms. The molecule has 0 atom stereocenters. The average molecular weight is 376 g/mol. The Balaban J connectivity index is 1.34. The van der Waals surface area contributed by atoms with E-state index in [9.17, 15) is 4.79 Å². The molecule has 0 spiro atoms. The van der Waals surface area contributed by atoms with Crippen molar-refractivity contribution in [2.24, 2.45) is 0 Å². The summed E-state index contributed by atoms with van der Waals surface area (Å²) in [5.41, 5.74) is 2.51. The molecule has 1 N–H and O–H groups in total. The highest BCUT2D eigenvalue weighted by atomic mass is 16.7. The van der Waals surface area contributed by atoms with E-state index in [1.165, 1.54) is 5.56 Å². The van der Waals surface area contributed by atoms with Crippen molar-refractivity contribution in [3.8, 4) is 11.5 Å². The highest BCUT2D eigenvalue weighted by Crippen LogP contribution is 2.32. The van der Waals surface area contributed by atoms with Crippen LogP contribution in [-0.4, -0.2) is 29.7 Å². The third kappa shape index (κ3) is 4.03. The minimum absolute atomic E-state index is 0.227. The zero-order valence-corrected chi connectivity index (χ0v) is 15.5. The number of amides is 1. The van der Waals surface area contributed by atoms with Crippen LogP contribution in [0.3, 0.4) is 0 Å². The SMILES string of the molecule is CN(Cc1ccccc1)c1ncc(C(=O)NCc2ccc3c(c2)OCO3)cn1. The lowest BCUT2D eigenvalue weighted by Crippen LogP contribution is -2.24. The van der Waals surface area contributed by atoms with Gasteiger partial charge in [0.1, 0.15) is 0 Å². The van der Waals surface area contributed by atoms with Gasteiger partial charge >= 0.3 is 0 Å². The van der Waals surface area contributed by atoms with Crippen LogP contribution in [0.1, 0.15) is 21.5 Å². The minimum atomic E-state index is -0.227. The molecule has 0 saturated heterocycles. The number of rotatable bonds is 6. The molecule has 4 rings (SSSR count). The van der Waals surface area contributed by atoms with Crippen molar-refractivity contribution < 1.29 is 14.3 Å². The number of hydrogen-bond acceptors (Lipinski definition) is 6. The molecule has 3 aromatic rings. The van der Waals surface area contributed by atoms with Crippen molar-refractivity contribution in [2.75, 3.05) is 18.7 Å². The van der Waals surface area contributed by atoms with Gasteiger partial charge in [-0.2, -0.15) is 0 Å². The number of nitrogens with one attached hydrogen (secondary N) is 1. The molecule has 1 aliphatic heterocycles. The summed E-state index contributed by atoms with van der Waals surface area (Å²) >= 11 is 0. The van der Waals surface area contributed by atoms with Gasteiger partial charge in [0, 0.05) is 32.5 Å². The molecule has 2 heterocycles. The standard InChI is InChI=1S/C21H20N4O3/c1-25(13-15-5-3-2-4-6-15)21-23-11-17(12-24-21)20(26)22-10-16-7-8-18-19(9-16)28-14-27-18/h2-9,11-12H,10,13-14H2,1H3,(H,22,26). The largest absolute Gasteiger partial charge is 0.454 e. The summed E-state index contributed by atoms with van der Waals surface area (Å²) in [7, 11) is 1.92. The van der Waals surface area contributed by atoms with Gasteiger partial charge in [0.05, 0.1) is 5.56 Å². The highest BCUT2D eigenvalue weighted by molar-refractivity contribution is 5.93. The number of carbonyl (C=O) groups is 1. The second-order valence-electron chi connectivity index (χ2n) is 6.48. The fraction of sp³-hybridized carbons (Fsp3) is 0.190. The van der Waals surface area contributed by atoms with Gasteiger partial charge in [-0.15, -0.1) is 0 Å². The lowest BCUT2D eigenvalue weighted by Gasteiger charge is -2.17. The van der Waals surface area contributed by atoms with Crippen LogP contribution in [0.15, 0.2) is 60.9 Å². The van der Waals surface area contributed by atoms with Gasteiger partial charge in [0.25, 0.3) is 5.91 Å². The van der Waals surface area contributed by atoms with E-state index in [2.05, 4.69) is 27.4 Å². The van der Waals surface area contributed by atoms with Crippen LogP contribution >= 0.6 is 0 Å². The second kappa shape index (κ2) is 7.96. The van der Waals surface area contributed by atoms with Crippen molar-refractivity contribution in [1.82, 2.24) is 15.3 Å².